The van der Waals surface area contributed by atoms with Crippen LogP contribution >= 0.6 is 0 Å². The molecule has 388 valence electrons. The van der Waals surface area contributed by atoms with E-state index in [2.05, 4.69) is 81.5 Å². The lowest BCUT2D eigenvalue weighted by atomic mass is 10.0. The van der Waals surface area contributed by atoms with Gasteiger partial charge in [-0.1, -0.05) is 248 Å². The van der Waals surface area contributed by atoms with Crippen LogP contribution < -0.4 is 0 Å². The normalized spacial score (nSPS) is 12.5. The molecule has 0 bridgehead atoms. The van der Waals surface area contributed by atoms with Gasteiger partial charge in [-0.3, -0.25) is 14.4 Å². The molecule has 6 heteroatoms. The van der Waals surface area contributed by atoms with Crippen LogP contribution in [-0.4, -0.2) is 37.2 Å². The lowest BCUT2D eigenvalue weighted by molar-refractivity contribution is -0.167. The summed E-state index contributed by atoms with van der Waals surface area (Å²) in [7, 11) is 0. The first-order valence-electron chi connectivity index (χ1n) is 28.8. The monoisotopic (exact) mass is 937 g/mol. The molecule has 0 saturated heterocycles. The van der Waals surface area contributed by atoms with Crippen LogP contribution in [0, 0.1) is 0 Å². The van der Waals surface area contributed by atoms with E-state index in [1.54, 1.807) is 0 Å². The molecular weight excluding hydrogens is 829 g/mol. The Hall–Kier alpha value is -2.89. The van der Waals surface area contributed by atoms with Gasteiger partial charge in [-0.15, -0.1) is 0 Å². The topological polar surface area (TPSA) is 78.9 Å². The minimum absolute atomic E-state index is 0.0837. The maximum absolute atomic E-state index is 12.8. The van der Waals surface area contributed by atoms with Gasteiger partial charge in [-0.2, -0.15) is 0 Å². The summed E-state index contributed by atoms with van der Waals surface area (Å²) in [6, 6.07) is 0. The van der Waals surface area contributed by atoms with E-state index in [0.717, 1.165) is 89.9 Å². The van der Waals surface area contributed by atoms with Crippen molar-refractivity contribution in [3.8, 4) is 0 Å². The van der Waals surface area contributed by atoms with Crippen molar-refractivity contribution >= 4 is 17.9 Å². The largest absolute Gasteiger partial charge is 0.462 e. The quantitative estimate of drug-likeness (QED) is 0.0262. The van der Waals surface area contributed by atoms with Gasteiger partial charge in [0, 0.05) is 19.3 Å². The first-order valence-corrected chi connectivity index (χ1v) is 28.8. The van der Waals surface area contributed by atoms with Crippen LogP contribution in [0.15, 0.2) is 60.8 Å². The summed E-state index contributed by atoms with van der Waals surface area (Å²) in [5.41, 5.74) is 0. The molecule has 0 saturated carbocycles. The molecule has 0 aromatic carbocycles. The molecule has 1 unspecified atom stereocenters. The first kappa shape index (κ1) is 64.1. The SMILES string of the molecule is CC/C=C\C/C=C\C/C=C\CCCCCC(=O)OC(COC(=O)CCCCCCCCCCCCC)COC(=O)CCCCCCCCCCCCCCC/C=C\C/C=C\CCCCCCC. The Morgan fingerprint density at radius 3 is 0.925 bits per heavy atom. The van der Waals surface area contributed by atoms with Gasteiger partial charge in [0.2, 0.25) is 0 Å². The Kier molecular flexibility index (Phi) is 53.3. The van der Waals surface area contributed by atoms with Crippen molar-refractivity contribution in [2.75, 3.05) is 13.2 Å². The number of carbonyl (C=O) groups is 3. The molecule has 1 atom stereocenters. The molecule has 0 N–H and O–H groups in total. The number of allylic oxidation sites excluding steroid dienone is 10. The fourth-order valence-corrected chi connectivity index (χ4v) is 8.19. The van der Waals surface area contributed by atoms with Gasteiger partial charge in [0.25, 0.3) is 0 Å². The van der Waals surface area contributed by atoms with Crippen molar-refractivity contribution in [2.24, 2.45) is 0 Å². The molecule has 0 radical (unpaired) electrons. The average molecular weight is 938 g/mol. The summed E-state index contributed by atoms with van der Waals surface area (Å²) in [5, 5.41) is 0. The van der Waals surface area contributed by atoms with Crippen LogP contribution in [0.3, 0.4) is 0 Å². The highest BCUT2D eigenvalue weighted by atomic mass is 16.6. The van der Waals surface area contributed by atoms with Crippen molar-refractivity contribution in [1.82, 2.24) is 0 Å². The maximum atomic E-state index is 12.8. The predicted molar refractivity (Wildman–Crippen MR) is 288 cm³/mol. The molecule has 67 heavy (non-hydrogen) atoms. The summed E-state index contributed by atoms with van der Waals surface area (Å²) in [4.78, 5) is 38.0. The van der Waals surface area contributed by atoms with Crippen molar-refractivity contribution < 1.29 is 28.6 Å². The van der Waals surface area contributed by atoms with Gasteiger partial charge in [0.1, 0.15) is 13.2 Å². The molecule has 6 nitrogen and oxygen atoms in total. The molecule has 0 amide bonds. The first-order chi connectivity index (χ1) is 33.0. The van der Waals surface area contributed by atoms with Crippen molar-refractivity contribution in [3.63, 3.8) is 0 Å². The van der Waals surface area contributed by atoms with Crippen LogP contribution in [0.25, 0.3) is 0 Å². The zero-order valence-electron chi connectivity index (χ0n) is 44.4. The van der Waals surface area contributed by atoms with Crippen LogP contribution in [0.1, 0.15) is 290 Å². The van der Waals surface area contributed by atoms with Crippen LogP contribution in [-0.2, 0) is 28.6 Å². The third-order valence-corrected chi connectivity index (χ3v) is 12.5. The van der Waals surface area contributed by atoms with Crippen LogP contribution in [0.4, 0.5) is 0 Å². The second kappa shape index (κ2) is 55.7. The molecular formula is C61H108O6. The highest BCUT2D eigenvalue weighted by Gasteiger charge is 2.19. The number of esters is 3. The molecule has 0 heterocycles. The van der Waals surface area contributed by atoms with Gasteiger partial charge < -0.3 is 14.2 Å². The van der Waals surface area contributed by atoms with Crippen molar-refractivity contribution in [3.05, 3.63) is 60.8 Å². The lowest BCUT2D eigenvalue weighted by Crippen LogP contribution is -2.30. The number of unbranched alkanes of at least 4 members (excludes halogenated alkanes) is 31. The number of ether oxygens (including phenoxy) is 3. The number of rotatable bonds is 52. The molecule has 0 aromatic rings. The van der Waals surface area contributed by atoms with E-state index in [1.807, 2.05) is 0 Å². The summed E-state index contributed by atoms with van der Waals surface area (Å²) >= 11 is 0. The molecule has 0 aliphatic carbocycles. The molecule has 0 fully saturated rings. The van der Waals surface area contributed by atoms with Crippen molar-refractivity contribution in [1.29, 1.82) is 0 Å². The molecule has 0 aliphatic rings. The van der Waals surface area contributed by atoms with Crippen LogP contribution in [0.5, 0.6) is 0 Å². The number of hydrogen-bond donors (Lipinski definition) is 0. The van der Waals surface area contributed by atoms with E-state index in [-0.39, 0.29) is 31.1 Å². The van der Waals surface area contributed by atoms with Crippen molar-refractivity contribution in [2.45, 2.75) is 297 Å². The zero-order chi connectivity index (χ0) is 48.6. The van der Waals surface area contributed by atoms with E-state index in [4.69, 9.17) is 14.2 Å². The van der Waals surface area contributed by atoms with Crippen LogP contribution in [0.2, 0.25) is 0 Å². The summed E-state index contributed by atoms with van der Waals surface area (Å²) < 4.78 is 16.8. The van der Waals surface area contributed by atoms with Gasteiger partial charge in [-0.25, -0.2) is 0 Å². The highest BCUT2D eigenvalue weighted by Crippen LogP contribution is 2.16. The average Bonchev–Trinajstić information content (AvgIpc) is 3.33. The van der Waals surface area contributed by atoms with E-state index >= 15 is 0 Å². The Balaban J connectivity index is 4.23. The van der Waals surface area contributed by atoms with Gasteiger partial charge in [0.05, 0.1) is 0 Å². The van der Waals surface area contributed by atoms with Gasteiger partial charge in [0.15, 0.2) is 6.10 Å². The predicted octanol–water partition coefficient (Wildman–Crippen LogP) is 19.2. The zero-order valence-corrected chi connectivity index (χ0v) is 44.4. The van der Waals surface area contributed by atoms with E-state index < -0.39 is 6.10 Å². The smallest absolute Gasteiger partial charge is 0.306 e. The van der Waals surface area contributed by atoms with Gasteiger partial charge >= 0.3 is 17.9 Å². The minimum Gasteiger partial charge on any atom is -0.462 e. The molecule has 0 spiro atoms. The van der Waals surface area contributed by atoms with E-state index in [9.17, 15) is 14.4 Å². The molecule has 0 aromatic heterocycles. The standard InChI is InChI=1S/C61H108O6/c1-4-7-10-13-16-19-22-24-25-26-27-28-29-30-31-32-33-34-35-37-39-42-45-48-51-54-60(63)66-57-58(56-65-59(62)53-50-47-44-41-38-21-18-15-12-9-6-3)67-61(64)55-52-49-46-43-40-36-23-20-17-14-11-8-5-2/h8,11,17,20,22,24,26-27,36,40,58H,4-7,9-10,12-16,18-19,21,23,25,28-35,37-39,41-57H2,1-3H3/b11-8-,20-17-,24-22-,27-26-,40-36-. The minimum atomic E-state index is -0.786. The Labute approximate surface area is 415 Å². The molecule has 0 aliphatic heterocycles. The summed E-state index contributed by atoms with van der Waals surface area (Å²) in [6.45, 7) is 6.50. The fourth-order valence-electron chi connectivity index (χ4n) is 8.19. The summed E-state index contributed by atoms with van der Waals surface area (Å²) in [5.74, 6) is -0.906. The second-order valence-corrected chi connectivity index (χ2v) is 19.2. The van der Waals surface area contributed by atoms with Gasteiger partial charge in [-0.05, 0) is 83.5 Å². The second-order valence-electron chi connectivity index (χ2n) is 19.2. The fraction of sp³-hybridized carbons (Fsp3) is 0.787. The number of carbonyl (C=O) groups excluding carboxylic acids is 3. The maximum Gasteiger partial charge on any atom is 0.306 e. The Morgan fingerprint density at radius 2 is 0.582 bits per heavy atom. The number of hydrogen-bond acceptors (Lipinski definition) is 6. The lowest BCUT2D eigenvalue weighted by Gasteiger charge is -2.18. The highest BCUT2D eigenvalue weighted by molar-refractivity contribution is 5.71. The Morgan fingerprint density at radius 1 is 0.313 bits per heavy atom. The summed E-state index contributed by atoms with van der Waals surface area (Å²) in [6.07, 6.45) is 69.4. The Bertz CT molecular complexity index is 1210. The van der Waals surface area contributed by atoms with E-state index in [0.29, 0.717) is 19.3 Å². The third-order valence-electron chi connectivity index (χ3n) is 12.5. The third kappa shape index (κ3) is 53.9. The van der Waals surface area contributed by atoms with E-state index in [1.165, 1.54) is 161 Å². The molecule has 0 rings (SSSR count).